The summed E-state index contributed by atoms with van der Waals surface area (Å²) in [4.78, 5) is 22.3. The topological polar surface area (TPSA) is 60.2 Å². The average Bonchev–Trinajstić information content (AvgIpc) is 2.72. The molecule has 0 saturated heterocycles. The molecule has 3 nitrogen and oxygen atoms in total. The van der Waals surface area contributed by atoms with Gasteiger partial charge in [-0.2, -0.15) is 0 Å². The highest BCUT2D eigenvalue weighted by molar-refractivity contribution is 5.98. The Morgan fingerprint density at radius 1 is 1.12 bits per heavy atom. The molecule has 1 aromatic carbocycles. The van der Waals surface area contributed by atoms with Crippen LogP contribution in [0.2, 0.25) is 0 Å². The molecular weight excluding hydrogens is 202 g/mol. The number of ketones is 1. The third kappa shape index (κ3) is 2.30. The van der Waals surface area contributed by atoms with E-state index in [4.69, 9.17) is 5.73 Å². The van der Waals surface area contributed by atoms with Gasteiger partial charge < -0.3 is 5.73 Å². The Morgan fingerprint density at radius 2 is 1.88 bits per heavy atom. The molecular formula is C13H15NO2. The highest BCUT2D eigenvalue weighted by Gasteiger charge is 2.14. The lowest BCUT2D eigenvalue weighted by molar-refractivity contribution is -0.118. The van der Waals surface area contributed by atoms with Crippen molar-refractivity contribution in [2.75, 3.05) is 0 Å². The van der Waals surface area contributed by atoms with Gasteiger partial charge in [0.05, 0.1) is 0 Å². The number of aryl methyl sites for hydroxylation is 2. The zero-order chi connectivity index (χ0) is 11.5. The van der Waals surface area contributed by atoms with E-state index >= 15 is 0 Å². The molecule has 2 rings (SSSR count). The number of primary amides is 1. The fraction of sp³-hybridized carbons (Fsp3) is 0.385. The van der Waals surface area contributed by atoms with Gasteiger partial charge in [-0.25, -0.2) is 0 Å². The Hall–Kier alpha value is -1.64. The van der Waals surface area contributed by atoms with Crippen LogP contribution in [-0.2, 0) is 17.6 Å². The first kappa shape index (κ1) is 10.9. The van der Waals surface area contributed by atoms with E-state index in [-0.39, 0.29) is 18.6 Å². The predicted octanol–water partition coefficient (Wildman–Crippen LogP) is 1.62. The number of hydrogen-bond donors (Lipinski definition) is 1. The summed E-state index contributed by atoms with van der Waals surface area (Å²) < 4.78 is 0. The van der Waals surface area contributed by atoms with Crippen LogP contribution in [0.15, 0.2) is 18.2 Å². The molecule has 1 aromatic rings. The lowest BCUT2D eigenvalue weighted by atomic mass is 10.0. The first-order chi connectivity index (χ1) is 7.66. The molecule has 1 aliphatic rings. The number of nitrogens with two attached hydrogens (primary N) is 1. The SMILES string of the molecule is NC(=O)CCC(=O)c1ccc2c(c1)CCC2. The number of amides is 1. The monoisotopic (exact) mass is 217 g/mol. The van der Waals surface area contributed by atoms with Gasteiger partial charge in [0.1, 0.15) is 0 Å². The first-order valence-corrected chi connectivity index (χ1v) is 5.60. The quantitative estimate of drug-likeness (QED) is 0.779. The first-order valence-electron chi connectivity index (χ1n) is 5.60. The van der Waals surface area contributed by atoms with E-state index in [9.17, 15) is 9.59 Å². The van der Waals surface area contributed by atoms with Crippen molar-refractivity contribution in [3.05, 3.63) is 34.9 Å². The van der Waals surface area contributed by atoms with E-state index in [0.717, 1.165) is 12.8 Å². The van der Waals surface area contributed by atoms with Crippen LogP contribution >= 0.6 is 0 Å². The maximum absolute atomic E-state index is 11.7. The van der Waals surface area contributed by atoms with Crippen molar-refractivity contribution in [2.45, 2.75) is 32.1 Å². The number of rotatable bonds is 4. The molecule has 0 saturated carbocycles. The summed E-state index contributed by atoms with van der Waals surface area (Å²) in [6.45, 7) is 0. The Balaban J connectivity index is 2.09. The number of Topliss-reactive ketones (excluding diaryl/α,β-unsaturated/α-hetero) is 1. The van der Waals surface area contributed by atoms with Crippen LogP contribution in [0.4, 0.5) is 0 Å². The molecule has 0 aliphatic heterocycles. The van der Waals surface area contributed by atoms with Crippen molar-refractivity contribution >= 4 is 11.7 Å². The second kappa shape index (κ2) is 4.47. The average molecular weight is 217 g/mol. The Labute approximate surface area is 94.6 Å². The van der Waals surface area contributed by atoms with Crippen LogP contribution in [0.5, 0.6) is 0 Å². The minimum atomic E-state index is -0.422. The molecule has 0 spiro atoms. The van der Waals surface area contributed by atoms with Gasteiger partial charge in [-0.15, -0.1) is 0 Å². The second-order valence-corrected chi connectivity index (χ2v) is 4.23. The van der Waals surface area contributed by atoms with Gasteiger partial charge in [-0.05, 0) is 36.5 Å². The number of benzene rings is 1. The molecule has 0 unspecified atom stereocenters. The number of carbonyl (C=O) groups is 2. The zero-order valence-electron chi connectivity index (χ0n) is 9.16. The van der Waals surface area contributed by atoms with Crippen molar-refractivity contribution < 1.29 is 9.59 Å². The summed E-state index contributed by atoms with van der Waals surface area (Å²) >= 11 is 0. The molecule has 0 radical (unpaired) electrons. The van der Waals surface area contributed by atoms with Crippen molar-refractivity contribution in [1.29, 1.82) is 0 Å². The number of hydrogen-bond acceptors (Lipinski definition) is 2. The van der Waals surface area contributed by atoms with Crippen LogP contribution in [0.1, 0.15) is 40.7 Å². The Morgan fingerprint density at radius 3 is 2.62 bits per heavy atom. The maximum atomic E-state index is 11.7. The maximum Gasteiger partial charge on any atom is 0.217 e. The normalized spacial score (nSPS) is 13.5. The molecule has 3 heteroatoms. The van der Waals surface area contributed by atoms with Gasteiger partial charge in [0.25, 0.3) is 0 Å². The Kier molecular flexibility index (Phi) is 3.04. The van der Waals surface area contributed by atoms with Crippen molar-refractivity contribution in [2.24, 2.45) is 5.73 Å². The van der Waals surface area contributed by atoms with Crippen molar-refractivity contribution in [3.63, 3.8) is 0 Å². The molecule has 84 valence electrons. The number of fused-ring (bicyclic) bond motifs is 1. The van der Waals surface area contributed by atoms with Gasteiger partial charge in [0.2, 0.25) is 5.91 Å². The van der Waals surface area contributed by atoms with Crippen LogP contribution in [0.3, 0.4) is 0 Å². The smallest absolute Gasteiger partial charge is 0.217 e. The van der Waals surface area contributed by atoms with Crippen molar-refractivity contribution in [1.82, 2.24) is 0 Å². The van der Waals surface area contributed by atoms with E-state index in [1.54, 1.807) is 0 Å². The highest BCUT2D eigenvalue weighted by Crippen LogP contribution is 2.23. The second-order valence-electron chi connectivity index (χ2n) is 4.23. The zero-order valence-corrected chi connectivity index (χ0v) is 9.16. The third-order valence-corrected chi connectivity index (χ3v) is 3.02. The molecule has 0 fully saturated rings. The molecule has 0 bridgehead atoms. The predicted molar refractivity (Wildman–Crippen MR) is 61.2 cm³/mol. The van der Waals surface area contributed by atoms with Gasteiger partial charge in [-0.3, -0.25) is 9.59 Å². The molecule has 1 aliphatic carbocycles. The minimum absolute atomic E-state index is 0.00787. The molecule has 2 N–H and O–H groups in total. The lowest BCUT2D eigenvalue weighted by Gasteiger charge is -2.03. The molecule has 0 heterocycles. The largest absolute Gasteiger partial charge is 0.370 e. The van der Waals surface area contributed by atoms with Gasteiger partial charge in [-0.1, -0.05) is 12.1 Å². The summed E-state index contributed by atoms with van der Waals surface area (Å²) in [7, 11) is 0. The minimum Gasteiger partial charge on any atom is -0.370 e. The Bertz CT molecular complexity index is 438. The van der Waals surface area contributed by atoms with Crippen LogP contribution in [0, 0.1) is 0 Å². The molecule has 1 amide bonds. The summed E-state index contributed by atoms with van der Waals surface area (Å²) in [6, 6.07) is 5.85. The fourth-order valence-electron chi connectivity index (χ4n) is 2.13. The van der Waals surface area contributed by atoms with E-state index in [2.05, 4.69) is 0 Å². The van der Waals surface area contributed by atoms with E-state index in [1.807, 2.05) is 18.2 Å². The van der Waals surface area contributed by atoms with Gasteiger partial charge in [0, 0.05) is 18.4 Å². The molecule has 0 aromatic heterocycles. The van der Waals surface area contributed by atoms with Crippen molar-refractivity contribution in [3.8, 4) is 0 Å². The summed E-state index contributed by atoms with van der Waals surface area (Å²) in [6.07, 6.45) is 3.70. The van der Waals surface area contributed by atoms with E-state index in [0.29, 0.717) is 5.56 Å². The fourth-order valence-corrected chi connectivity index (χ4v) is 2.13. The van der Waals surface area contributed by atoms with E-state index < -0.39 is 5.91 Å². The van der Waals surface area contributed by atoms with Crippen LogP contribution in [0.25, 0.3) is 0 Å². The van der Waals surface area contributed by atoms with Gasteiger partial charge in [0.15, 0.2) is 5.78 Å². The van der Waals surface area contributed by atoms with Crippen LogP contribution in [-0.4, -0.2) is 11.7 Å². The highest BCUT2D eigenvalue weighted by atomic mass is 16.1. The van der Waals surface area contributed by atoms with E-state index in [1.165, 1.54) is 17.5 Å². The molecule has 16 heavy (non-hydrogen) atoms. The summed E-state index contributed by atoms with van der Waals surface area (Å²) in [5.41, 5.74) is 8.36. The number of carbonyl (C=O) groups excluding carboxylic acids is 2. The van der Waals surface area contributed by atoms with Gasteiger partial charge >= 0.3 is 0 Å². The standard InChI is InChI=1S/C13H15NO2/c14-13(16)7-6-12(15)11-5-4-9-2-1-3-10(9)8-11/h4-5,8H,1-3,6-7H2,(H2,14,16). The van der Waals surface area contributed by atoms with Crippen LogP contribution < -0.4 is 5.73 Å². The lowest BCUT2D eigenvalue weighted by Crippen LogP contribution is -2.12. The molecule has 0 atom stereocenters. The third-order valence-electron chi connectivity index (χ3n) is 3.02. The summed E-state index contributed by atoms with van der Waals surface area (Å²) in [5.74, 6) is -0.414. The summed E-state index contributed by atoms with van der Waals surface area (Å²) in [5, 5.41) is 0.